The quantitative estimate of drug-likeness (QED) is 0.666. The zero-order chi connectivity index (χ0) is 16.6. The van der Waals surface area contributed by atoms with Gasteiger partial charge in [0.25, 0.3) is 0 Å². The van der Waals surface area contributed by atoms with E-state index in [1.165, 1.54) is 9.08 Å². The Morgan fingerprint density at radius 3 is 2.70 bits per heavy atom. The minimum atomic E-state index is -0.423. The van der Waals surface area contributed by atoms with Crippen molar-refractivity contribution < 1.29 is 9.53 Å². The van der Waals surface area contributed by atoms with Gasteiger partial charge in [-0.2, -0.15) is 5.10 Å². The first kappa shape index (κ1) is 15.0. The van der Waals surface area contributed by atoms with Gasteiger partial charge in [-0.3, -0.25) is 13.9 Å². The summed E-state index contributed by atoms with van der Waals surface area (Å²) in [7, 11) is 1.79. The highest BCUT2D eigenvalue weighted by atomic mass is 16.5. The van der Waals surface area contributed by atoms with E-state index in [1.54, 1.807) is 43.0 Å². The van der Waals surface area contributed by atoms with E-state index < -0.39 is 5.97 Å². The van der Waals surface area contributed by atoms with E-state index in [4.69, 9.17) is 4.74 Å². The van der Waals surface area contributed by atoms with E-state index in [0.717, 1.165) is 5.69 Å². The van der Waals surface area contributed by atoms with E-state index in [1.807, 2.05) is 6.92 Å². The molecule has 3 heterocycles. The summed E-state index contributed by atoms with van der Waals surface area (Å²) in [5.74, 6) is 0.0491. The van der Waals surface area contributed by atoms with Gasteiger partial charge in [0.1, 0.15) is 5.69 Å². The van der Waals surface area contributed by atoms with E-state index in [9.17, 15) is 9.59 Å². The standard InChI is InChI=1S/C15H17N5O3/c1-10-14(11(2)18(3)16-10)23-13(21)7-9-20-15(22)19-8-5-4-6-12(19)17-20/h4-6,8H,7,9H2,1-3H3. The second-order valence-corrected chi connectivity index (χ2v) is 5.28. The van der Waals surface area contributed by atoms with Gasteiger partial charge in [-0.25, -0.2) is 9.48 Å². The molecule has 0 atom stereocenters. The number of aryl methyl sites for hydroxylation is 3. The monoisotopic (exact) mass is 315 g/mol. The molecule has 0 amide bonds. The summed E-state index contributed by atoms with van der Waals surface area (Å²) in [5.41, 5.74) is 1.70. The van der Waals surface area contributed by atoms with Crippen molar-refractivity contribution in [1.82, 2.24) is 24.0 Å². The van der Waals surface area contributed by atoms with Crippen LogP contribution in [0.4, 0.5) is 0 Å². The molecule has 0 aliphatic heterocycles. The second-order valence-electron chi connectivity index (χ2n) is 5.28. The SMILES string of the molecule is Cc1nn(C)c(C)c1OC(=O)CCn1nc2ccccn2c1=O. The van der Waals surface area contributed by atoms with Crippen LogP contribution in [0, 0.1) is 13.8 Å². The Hall–Kier alpha value is -2.90. The Balaban J connectivity index is 1.71. The van der Waals surface area contributed by atoms with Crippen molar-refractivity contribution in [2.24, 2.45) is 7.05 Å². The minimum absolute atomic E-state index is 0.0531. The summed E-state index contributed by atoms with van der Waals surface area (Å²) < 4.78 is 9.71. The highest BCUT2D eigenvalue weighted by Crippen LogP contribution is 2.21. The van der Waals surface area contributed by atoms with Crippen LogP contribution in [0.1, 0.15) is 17.8 Å². The van der Waals surface area contributed by atoms with Crippen molar-refractivity contribution in [2.45, 2.75) is 26.8 Å². The summed E-state index contributed by atoms with van der Waals surface area (Å²) in [5, 5.41) is 8.37. The van der Waals surface area contributed by atoms with Gasteiger partial charge >= 0.3 is 11.7 Å². The molecule has 0 aromatic carbocycles. The summed E-state index contributed by atoms with van der Waals surface area (Å²) in [6, 6.07) is 5.29. The highest BCUT2D eigenvalue weighted by Gasteiger charge is 2.15. The van der Waals surface area contributed by atoms with Crippen molar-refractivity contribution in [3.63, 3.8) is 0 Å². The molecule has 0 saturated carbocycles. The lowest BCUT2D eigenvalue weighted by atomic mass is 10.3. The molecule has 3 aromatic rings. The Kier molecular flexibility index (Phi) is 3.73. The summed E-state index contributed by atoms with van der Waals surface area (Å²) in [6.45, 7) is 3.77. The van der Waals surface area contributed by atoms with Crippen LogP contribution >= 0.6 is 0 Å². The molecule has 0 radical (unpaired) electrons. The fourth-order valence-corrected chi connectivity index (χ4v) is 2.38. The lowest BCUT2D eigenvalue weighted by Crippen LogP contribution is -2.23. The number of nitrogens with zero attached hydrogens (tertiary/aromatic N) is 5. The number of ether oxygens (including phenoxy) is 1. The lowest BCUT2D eigenvalue weighted by Gasteiger charge is -2.04. The normalized spacial score (nSPS) is 11.1. The van der Waals surface area contributed by atoms with Crippen molar-refractivity contribution in [2.75, 3.05) is 0 Å². The molecule has 0 aliphatic carbocycles. The average Bonchev–Trinajstić information content (AvgIpc) is 2.97. The summed E-state index contributed by atoms with van der Waals surface area (Å²) >= 11 is 0. The minimum Gasteiger partial charge on any atom is -0.423 e. The Bertz CT molecular complexity index is 934. The number of rotatable bonds is 4. The number of aromatic nitrogens is 5. The summed E-state index contributed by atoms with van der Waals surface area (Å²) in [6.07, 6.45) is 1.69. The number of pyridine rings is 1. The Labute approximate surface area is 131 Å². The van der Waals surface area contributed by atoms with Crippen molar-refractivity contribution in [3.8, 4) is 5.75 Å². The molecule has 0 bridgehead atoms. The first-order valence-corrected chi connectivity index (χ1v) is 7.22. The third-order valence-corrected chi connectivity index (χ3v) is 3.67. The van der Waals surface area contributed by atoms with Gasteiger partial charge in [-0.1, -0.05) is 6.07 Å². The van der Waals surface area contributed by atoms with Crippen LogP contribution < -0.4 is 10.4 Å². The molecule has 0 spiro atoms. The number of hydrogen-bond donors (Lipinski definition) is 0. The van der Waals surface area contributed by atoms with Crippen LogP contribution in [0.15, 0.2) is 29.2 Å². The zero-order valence-corrected chi connectivity index (χ0v) is 13.2. The lowest BCUT2D eigenvalue weighted by molar-refractivity contribution is -0.134. The maximum absolute atomic E-state index is 12.1. The van der Waals surface area contributed by atoms with Gasteiger partial charge in [0.15, 0.2) is 11.4 Å². The summed E-state index contributed by atoms with van der Waals surface area (Å²) in [4.78, 5) is 24.1. The third-order valence-electron chi connectivity index (χ3n) is 3.67. The van der Waals surface area contributed by atoms with Gasteiger partial charge in [0, 0.05) is 13.2 Å². The van der Waals surface area contributed by atoms with Crippen LogP contribution in [0.3, 0.4) is 0 Å². The van der Waals surface area contributed by atoms with Gasteiger partial charge < -0.3 is 4.74 Å². The van der Waals surface area contributed by atoms with Gasteiger partial charge in [0.05, 0.1) is 18.7 Å². The van der Waals surface area contributed by atoms with Crippen LogP contribution in [0.25, 0.3) is 5.65 Å². The van der Waals surface area contributed by atoms with Gasteiger partial charge in [-0.05, 0) is 26.0 Å². The van der Waals surface area contributed by atoms with Crippen molar-refractivity contribution >= 4 is 11.6 Å². The molecule has 0 aliphatic rings. The highest BCUT2D eigenvalue weighted by molar-refractivity contribution is 5.72. The molecule has 0 N–H and O–H groups in total. The number of carbonyl (C=O) groups is 1. The molecule has 3 rings (SSSR count). The number of hydrogen-bond acceptors (Lipinski definition) is 5. The average molecular weight is 315 g/mol. The third kappa shape index (κ3) is 2.75. The maximum Gasteiger partial charge on any atom is 0.350 e. The molecule has 8 heteroatoms. The first-order valence-electron chi connectivity index (χ1n) is 7.22. The van der Waals surface area contributed by atoms with Crippen LogP contribution in [0.5, 0.6) is 5.75 Å². The first-order chi connectivity index (χ1) is 11.0. The molecule has 3 aromatic heterocycles. The largest absolute Gasteiger partial charge is 0.423 e. The van der Waals surface area contributed by atoms with E-state index in [2.05, 4.69) is 10.2 Å². The van der Waals surface area contributed by atoms with Crippen LogP contribution in [-0.4, -0.2) is 29.9 Å². The fraction of sp³-hybridized carbons (Fsp3) is 0.333. The predicted molar refractivity (Wildman–Crippen MR) is 82.4 cm³/mol. The van der Waals surface area contributed by atoms with E-state index >= 15 is 0 Å². The number of carbonyl (C=O) groups excluding carboxylic acids is 1. The fourth-order valence-electron chi connectivity index (χ4n) is 2.38. The molecule has 0 unspecified atom stereocenters. The van der Waals surface area contributed by atoms with Gasteiger partial charge in [0.2, 0.25) is 0 Å². The van der Waals surface area contributed by atoms with E-state index in [-0.39, 0.29) is 18.7 Å². The van der Waals surface area contributed by atoms with Crippen molar-refractivity contribution in [1.29, 1.82) is 0 Å². The topological polar surface area (TPSA) is 83.4 Å². The molecule has 0 saturated heterocycles. The van der Waals surface area contributed by atoms with Crippen molar-refractivity contribution in [3.05, 3.63) is 46.3 Å². The van der Waals surface area contributed by atoms with Crippen LogP contribution in [-0.2, 0) is 18.4 Å². The smallest absolute Gasteiger partial charge is 0.350 e. The molecule has 120 valence electrons. The number of fused-ring (bicyclic) bond motifs is 1. The maximum atomic E-state index is 12.1. The Morgan fingerprint density at radius 2 is 2.04 bits per heavy atom. The van der Waals surface area contributed by atoms with Crippen LogP contribution in [0.2, 0.25) is 0 Å². The molecule has 23 heavy (non-hydrogen) atoms. The molecule has 0 fully saturated rings. The predicted octanol–water partition coefficient (Wildman–Crippen LogP) is 0.842. The molecule has 8 nitrogen and oxygen atoms in total. The van der Waals surface area contributed by atoms with Gasteiger partial charge in [-0.15, -0.1) is 5.10 Å². The molecular weight excluding hydrogens is 298 g/mol. The second kappa shape index (κ2) is 5.71. The zero-order valence-electron chi connectivity index (χ0n) is 13.2. The number of esters is 1. The van der Waals surface area contributed by atoms with E-state index in [0.29, 0.717) is 17.1 Å². The molecular formula is C15H17N5O3. The Morgan fingerprint density at radius 1 is 1.26 bits per heavy atom.